The van der Waals surface area contributed by atoms with Crippen molar-refractivity contribution in [2.75, 3.05) is 25.0 Å². The molecule has 0 saturated carbocycles. The number of aromatic nitrogens is 2. The molecular weight excluding hydrogens is 395 g/mol. The SMILES string of the molecule is CC1CCCN1CCCOc1ccc(-n2cc(C(=O)Nc3cccc(F)c3)cn2)cc1. The van der Waals surface area contributed by atoms with E-state index in [0.717, 1.165) is 24.4 Å². The van der Waals surface area contributed by atoms with Crippen molar-refractivity contribution in [1.82, 2.24) is 14.7 Å². The Bertz CT molecular complexity index is 1020. The molecule has 162 valence electrons. The van der Waals surface area contributed by atoms with E-state index in [4.69, 9.17) is 4.74 Å². The first-order chi connectivity index (χ1) is 15.1. The van der Waals surface area contributed by atoms with Crippen molar-refractivity contribution in [3.05, 3.63) is 72.3 Å². The van der Waals surface area contributed by atoms with Crippen LogP contribution in [-0.2, 0) is 0 Å². The first-order valence-electron chi connectivity index (χ1n) is 10.7. The number of ether oxygens (including phenoxy) is 1. The first-order valence-corrected chi connectivity index (χ1v) is 10.7. The lowest BCUT2D eigenvalue weighted by Gasteiger charge is -2.20. The van der Waals surface area contributed by atoms with Gasteiger partial charge >= 0.3 is 0 Å². The predicted molar refractivity (Wildman–Crippen MR) is 118 cm³/mol. The number of hydrogen-bond acceptors (Lipinski definition) is 4. The summed E-state index contributed by atoms with van der Waals surface area (Å²) < 4.78 is 20.8. The van der Waals surface area contributed by atoms with E-state index in [1.54, 1.807) is 23.0 Å². The minimum Gasteiger partial charge on any atom is -0.494 e. The standard InChI is InChI=1S/C24H27FN4O2/c1-18-5-3-12-28(18)13-4-14-31-23-10-8-22(9-11-23)29-17-19(16-26-29)24(30)27-21-7-2-6-20(25)15-21/h2,6-11,15-18H,3-5,12-14H2,1H3,(H,27,30). The van der Waals surface area contributed by atoms with Gasteiger partial charge in [0.25, 0.3) is 5.91 Å². The maximum absolute atomic E-state index is 13.3. The first kappa shape index (κ1) is 21.1. The topological polar surface area (TPSA) is 59.4 Å². The molecule has 7 heteroatoms. The van der Waals surface area contributed by atoms with Crippen LogP contribution in [-0.4, -0.2) is 46.3 Å². The second-order valence-electron chi connectivity index (χ2n) is 7.86. The molecule has 31 heavy (non-hydrogen) atoms. The van der Waals surface area contributed by atoms with Gasteiger partial charge < -0.3 is 15.0 Å². The van der Waals surface area contributed by atoms with Gasteiger partial charge in [0, 0.05) is 24.5 Å². The van der Waals surface area contributed by atoms with Gasteiger partial charge in [-0.25, -0.2) is 9.07 Å². The second kappa shape index (κ2) is 9.75. The third kappa shape index (κ3) is 5.49. The molecule has 1 atom stereocenters. The molecule has 1 saturated heterocycles. The molecule has 1 amide bonds. The highest BCUT2D eigenvalue weighted by molar-refractivity contribution is 6.03. The molecule has 1 aliphatic heterocycles. The van der Waals surface area contributed by atoms with Crippen LogP contribution in [0.3, 0.4) is 0 Å². The van der Waals surface area contributed by atoms with Crippen LogP contribution in [0.5, 0.6) is 5.75 Å². The van der Waals surface area contributed by atoms with E-state index >= 15 is 0 Å². The smallest absolute Gasteiger partial charge is 0.258 e. The molecule has 0 spiro atoms. The van der Waals surface area contributed by atoms with E-state index in [2.05, 4.69) is 22.2 Å². The molecule has 2 heterocycles. The van der Waals surface area contributed by atoms with Gasteiger partial charge in [-0.15, -0.1) is 0 Å². The minimum absolute atomic E-state index is 0.343. The number of rotatable bonds is 8. The van der Waals surface area contributed by atoms with E-state index < -0.39 is 5.82 Å². The quantitative estimate of drug-likeness (QED) is 0.543. The normalized spacial score (nSPS) is 16.4. The Morgan fingerprint density at radius 2 is 2.10 bits per heavy atom. The average molecular weight is 423 g/mol. The van der Waals surface area contributed by atoms with Crippen LogP contribution in [0.1, 0.15) is 36.5 Å². The van der Waals surface area contributed by atoms with E-state index in [0.29, 0.717) is 23.9 Å². The zero-order valence-electron chi connectivity index (χ0n) is 17.6. The Labute approximate surface area is 181 Å². The fourth-order valence-corrected chi connectivity index (χ4v) is 3.83. The number of hydrogen-bond donors (Lipinski definition) is 1. The summed E-state index contributed by atoms with van der Waals surface area (Å²) in [6.07, 6.45) is 6.73. The van der Waals surface area contributed by atoms with Crippen molar-refractivity contribution in [3.8, 4) is 11.4 Å². The van der Waals surface area contributed by atoms with Crippen molar-refractivity contribution in [3.63, 3.8) is 0 Å². The summed E-state index contributed by atoms with van der Waals surface area (Å²) in [5.41, 5.74) is 1.61. The maximum atomic E-state index is 13.3. The number of carbonyl (C=O) groups excluding carboxylic acids is 1. The maximum Gasteiger partial charge on any atom is 0.258 e. The number of likely N-dealkylation sites (tertiary alicyclic amines) is 1. The van der Waals surface area contributed by atoms with Gasteiger partial charge in [0.1, 0.15) is 11.6 Å². The molecule has 0 radical (unpaired) electrons. The van der Waals surface area contributed by atoms with Crippen molar-refractivity contribution < 1.29 is 13.9 Å². The van der Waals surface area contributed by atoms with Gasteiger partial charge in [-0.05, 0) is 75.2 Å². The Morgan fingerprint density at radius 3 is 2.84 bits per heavy atom. The van der Waals surface area contributed by atoms with Gasteiger partial charge in [-0.2, -0.15) is 5.10 Å². The van der Waals surface area contributed by atoms with Crippen LogP contribution in [0, 0.1) is 5.82 Å². The van der Waals surface area contributed by atoms with Crippen molar-refractivity contribution in [2.45, 2.75) is 32.2 Å². The monoisotopic (exact) mass is 422 g/mol. The minimum atomic E-state index is -0.401. The van der Waals surface area contributed by atoms with Crippen molar-refractivity contribution in [1.29, 1.82) is 0 Å². The Morgan fingerprint density at radius 1 is 1.26 bits per heavy atom. The van der Waals surface area contributed by atoms with E-state index in [1.807, 2.05) is 24.3 Å². The third-order valence-electron chi connectivity index (χ3n) is 5.58. The number of nitrogens with zero attached hydrogens (tertiary/aromatic N) is 3. The number of amides is 1. The average Bonchev–Trinajstić information content (AvgIpc) is 3.41. The predicted octanol–water partition coefficient (Wildman–Crippen LogP) is 4.52. The Kier molecular flexibility index (Phi) is 6.62. The summed E-state index contributed by atoms with van der Waals surface area (Å²) in [7, 11) is 0. The fraction of sp³-hybridized carbons (Fsp3) is 0.333. The van der Waals surface area contributed by atoms with Crippen molar-refractivity contribution >= 4 is 11.6 Å². The van der Waals surface area contributed by atoms with E-state index in [-0.39, 0.29) is 5.91 Å². The van der Waals surface area contributed by atoms with Crippen LogP contribution >= 0.6 is 0 Å². The van der Waals surface area contributed by atoms with Crippen molar-refractivity contribution in [2.24, 2.45) is 0 Å². The van der Waals surface area contributed by atoms with Crippen LogP contribution in [0.4, 0.5) is 10.1 Å². The Hall–Kier alpha value is -3.19. The van der Waals surface area contributed by atoms with E-state index in [9.17, 15) is 9.18 Å². The number of nitrogens with one attached hydrogen (secondary N) is 1. The van der Waals surface area contributed by atoms with Crippen LogP contribution < -0.4 is 10.1 Å². The highest BCUT2D eigenvalue weighted by atomic mass is 19.1. The summed E-state index contributed by atoms with van der Waals surface area (Å²) in [6, 6.07) is 14.1. The molecule has 1 fully saturated rings. The fourth-order valence-electron chi connectivity index (χ4n) is 3.83. The molecule has 6 nitrogen and oxygen atoms in total. The van der Waals surface area contributed by atoms with Gasteiger partial charge in [0.05, 0.1) is 24.1 Å². The van der Waals surface area contributed by atoms with Crippen LogP contribution in [0.15, 0.2) is 60.9 Å². The summed E-state index contributed by atoms with van der Waals surface area (Å²) in [6.45, 7) is 5.25. The lowest BCUT2D eigenvalue weighted by molar-refractivity contribution is 0.102. The molecule has 3 aromatic rings. The molecule has 0 bridgehead atoms. The summed E-state index contributed by atoms with van der Waals surface area (Å²) in [5.74, 6) is 0.0694. The lowest BCUT2D eigenvalue weighted by atomic mass is 10.2. The summed E-state index contributed by atoms with van der Waals surface area (Å²) in [4.78, 5) is 14.9. The zero-order valence-corrected chi connectivity index (χ0v) is 17.6. The number of halogens is 1. The van der Waals surface area contributed by atoms with Gasteiger partial charge in [0.15, 0.2) is 0 Å². The largest absolute Gasteiger partial charge is 0.494 e. The molecular formula is C24H27FN4O2. The number of carbonyl (C=O) groups is 1. The summed E-state index contributed by atoms with van der Waals surface area (Å²) >= 11 is 0. The molecule has 0 aliphatic carbocycles. The van der Waals surface area contributed by atoms with Crippen LogP contribution in [0.25, 0.3) is 5.69 Å². The molecule has 1 aliphatic rings. The van der Waals surface area contributed by atoms with Gasteiger partial charge in [-0.3, -0.25) is 4.79 Å². The second-order valence-corrected chi connectivity index (χ2v) is 7.86. The zero-order chi connectivity index (χ0) is 21.6. The molecule has 2 aromatic carbocycles. The number of anilines is 1. The van der Waals surface area contributed by atoms with Gasteiger partial charge in [0.2, 0.25) is 0 Å². The molecule has 1 N–H and O–H groups in total. The third-order valence-corrected chi connectivity index (χ3v) is 5.58. The highest BCUT2D eigenvalue weighted by Crippen LogP contribution is 2.18. The Balaban J connectivity index is 1.29. The van der Waals surface area contributed by atoms with Crippen LogP contribution in [0.2, 0.25) is 0 Å². The molecule has 4 rings (SSSR count). The highest BCUT2D eigenvalue weighted by Gasteiger charge is 2.19. The van der Waals surface area contributed by atoms with Gasteiger partial charge in [-0.1, -0.05) is 6.07 Å². The molecule has 1 aromatic heterocycles. The summed E-state index contributed by atoms with van der Waals surface area (Å²) in [5, 5.41) is 6.93. The number of benzene rings is 2. The molecule has 1 unspecified atom stereocenters. The van der Waals surface area contributed by atoms with E-state index in [1.165, 1.54) is 37.7 Å². The lowest BCUT2D eigenvalue weighted by Crippen LogP contribution is -2.28.